The van der Waals surface area contributed by atoms with E-state index in [-0.39, 0.29) is 18.3 Å². The number of aromatic nitrogens is 1. The fraction of sp³-hybridized carbons (Fsp3) is 0.294. The molecular weight excluding hydrogens is 296 g/mol. The van der Waals surface area contributed by atoms with E-state index in [1.54, 1.807) is 23.4 Å². The van der Waals surface area contributed by atoms with Crippen molar-refractivity contribution in [2.45, 2.75) is 6.54 Å². The number of carbonyl (C=O) groups is 1. The Balaban J connectivity index is 1.96. The fourth-order valence-corrected chi connectivity index (χ4v) is 2.63. The largest absolute Gasteiger partial charge is 0.504 e. The van der Waals surface area contributed by atoms with E-state index in [9.17, 15) is 9.90 Å². The normalized spacial score (nSPS) is 13.9. The minimum absolute atomic E-state index is 0.0314. The molecule has 1 aromatic carbocycles. The average molecular weight is 314 g/mol. The summed E-state index contributed by atoms with van der Waals surface area (Å²) in [6, 6.07) is 7.33. The maximum atomic E-state index is 12.1. The molecular formula is C17H18N2O4. The third kappa shape index (κ3) is 3.27. The number of hydrogen-bond acceptors (Lipinski definition) is 5. The van der Waals surface area contributed by atoms with Crippen LogP contribution in [0.2, 0.25) is 0 Å². The molecule has 6 heteroatoms. The third-order valence-electron chi connectivity index (χ3n) is 3.73. The number of methoxy groups -OCH3 is 1. The first-order valence-electron chi connectivity index (χ1n) is 7.35. The number of rotatable bonds is 3. The number of ether oxygens (including phenoxy) is 2. The molecule has 2 heterocycles. The number of phenolic OH excluding ortho intramolecular Hbond substituents is 1. The molecule has 1 aromatic heterocycles. The van der Waals surface area contributed by atoms with Crippen LogP contribution in [0.15, 0.2) is 36.7 Å². The van der Waals surface area contributed by atoms with Gasteiger partial charge in [-0.1, -0.05) is 6.07 Å². The summed E-state index contributed by atoms with van der Waals surface area (Å²) in [4.78, 5) is 17.8. The molecule has 1 aliphatic heterocycles. The summed E-state index contributed by atoms with van der Waals surface area (Å²) < 4.78 is 10.5. The summed E-state index contributed by atoms with van der Waals surface area (Å²) in [5.74, 6) is 0.406. The number of hydrogen-bond donors (Lipinski definition) is 1. The van der Waals surface area contributed by atoms with Crippen LogP contribution in [0.4, 0.5) is 0 Å². The summed E-state index contributed by atoms with van der Waals surface area (Å²) in [6.45, 7) is 1.20. The summed E-state index contributed by atoms with van der Waals surface area (Å²) in [5.41, 5.74) is 2.49. The molecule has 2 aromatic rings. The Morgan fingerprint density at radius 3 is 3.04 bits per heavy atom. The third-order valence-corrected chi connectivity index (χ3v) is 3.73. The second kappa shape index (κ2) is 6.66. The highest BCUT2D eigenvalue weighted by Gasteiger charge is 2.22. The Morgan fingerprint density at radius 2 is 2.30 bits per heavy atom. The summed E-state index contributed by atoms with van der Waals surface area (Å²) in [7, 11) is 1.49. The minimum atomic E-state index is -0.102. The van der Waals surface area contributed by atoms with E-state index in [1.807, 2.05) is 18.2 Å². The molecule has 1 N–H and O–H groups in total. The second-order valence-corrected chi connectivity index (χ2v) is 5.32. The standard InChI is InChI=1S/C17H18N2O4/c1-22-11-16(21)19-5-6-23-17-14(10-19)7-13(8-15(17)20)12-3-2-4-18-9-12/h2-4,7-9,20H,5-6,10-11H2,1H3. The molecule has 1 amide bonds. The number of carbonyl (C=O) groups excluding carboxylic acids is 1. The van der Waals surface area contributed by atoms with Crippen molar-refractivity contribution < 1.29 is 19.4 Å². The zero-order chi connectivity index (χ0) is 16.2. The van der Waals surface area contributed by atoms with E-state index < -0.39 is 0 Å². The number of nitrogens with zero attached hydrogens (tertiary/aromatic N) is 2. The lowest BCUT2D eigenvalue weighted by Gasteiger charge is -2.19. The first kappa shape index (κ1) is 15.3. The van der Waals surface area contributed by atoms with E-state index in [0.29, 0.717) is 25.4 Å². The van der Waals surface area contributed by atoms with E-state index in [0.717, 1.165) is 16.7 Å². The molecule has 0 unspecified atom stereocenters. The van der Waals surface area contributed by atoms with Gasteiger partial charge in [0.15, 0.2) is 11.5 Å². The zero-order valence-electron chi connectivity index (χ0n) is 12.9. The number of fused-ring (bicyclic) bond motifs is 1. The van der Waals surface area contributed by atoms with Gasteiger partial charge in [0.1, 0.15) is 13.2 Å². The SMILES string of the molecule is COCC(=O)N1CCOc2c(O)cc(-c3cccnc3)cc2C1. The van der Waals surface area contributed by atoms with Crippen LogP contribution < -0.4 is 4.74 Å². The lowest BCUT2D eigenvalue weighted by Crippen LogP contribution is -2.34. The Kier molecular flexibility index (Phi) is 4.43. The van der Waals surface area contributed by atoms with E-state index in [2.05, 4.69) is 4.98 Å². The Hall–Kier alpha value is -2.60. The summed E-state index contributed by atoms with van der Waals surface area (Å²) in [5, 5.41) is 10.3. The van der Waals surface area contributed by atoms with Gasteiger partial charge in [0.05, 0.1) is 6.54 Å². The molecule has 0 saturated carbocycles. The van der Waals surface area contributed by atoms with Crippen molar-refractivity contribution in [2.24, 2.45) is 0 Å². The van der Waals surface area contributed by atoms with Gasteiger partial charge in [-0.3, -0.25) is 9.78 Å². The van der Waals surface area contributed by atoms with Crippen molar-refractivity contribution >= 4 is 5.91 Å². The first-order valence-corrected chi connectivity index (χ1v) is 7.35. The summed E-state index contributed by atoms with van der Waals surface area (Å²) in [6.07, 6.45) is 3.42. The van der Waals surface area contributed by atoms with Gasteiger partial charge in [0.2, 0.25) is 5.91 Å². The molecule has 0 radical (unpaired) electrons. The van der Waals surface area contributed by atoms with E-state index in [1.165, 1.54) is 7.11 Å². The first-order chi connectivity index (χ1) is 11.2. The van der Waals surface area contributed by atoms with Crippen LogP contribution in [-0.2, 0) is 16.1 Å². The van der Waals surface area contributed by atoms with Gasteiger partial charge in [-0.05, 0) is 23.8 Å². The highest BCUT2D eigenvalue weighted by molar-refractivity contribution is 5.78. The van der Waals surface area contributed by atoms with Gasteiger partial charge < -0.3 is 19.5 Å². The van der Waals surface area contributed by atoms with Crippen LogP contribution in [0, 0.1) is 0 Å². The van der Waals surface area contributed by atoms with E-state index >= 15 is 0 Å². The molecule has 6 nitrogen and oxygen atoms in total. The quantitative estimate of drug-likeness (QED) is 0.935. The van der Waals surface area contributed by atoms with Crippen LogP contribution >= 0.6 is 0 Å². The lowest BCUT2D eigenvalue weighted by atomic mass is 10.0. The lowest BCUT2D eigenvalue weighted by molar-refractivity contribution is -0.135. The van der Waals surface area contributed by atoms with Gasteiger partial charge in [0.25, 0.3) is 0 Å². The van der Waals surface area contributed by atoms with Crippen molar-refractivity contribution in [3.05, 3.63) is 42.2 Å². The van der Waals surface area contributed by atoms with Crippen LogP contribution in [0.25, 0.3) is 11.1 Å². The maximum Gasteiger partial charge on any atom is 0.248 e. The number of amides is 1. The zero-order valence-corrected chi connectivity index (χ0v) is 12.9. The molecule has 120 valence electrons. The number of pyridine rings is 1. The van der Waals surface area contributed by atoms with Crippen molar-refractivity contribution in [1.82, 2.24) is 9.88 Å². The van der Waals surface area contributed by atoms with E-state index in [4.69, 9.17) is 9.47 Å². The van der Waals surface area contributed by atoms with Crippen LogP contribution in [0.1, 0.15) is 5.56 Å². The van der Waals surface area contributed by atoms with Gasteiger partial charge in [-0.15, -0.1) is 0 Å². The highest BCUT2D eigenvalue weighted by atomic mass is 16.5. The summed E-state index contributed by atoms with van der Waals surface area (Å²) >= 11 is 0. The number of aromatic hydroxyl groups is 1. The molecule has 0 spiro atoms. The maximum absolute atomic E-state index is 12.1. The second-order valence-electron chi connectivity index (χ2n) is 5.32. The molecule has 0 fully saturated rings. The molecule has 0 bridgehead atoms. The Labute approximate surface area is 134 Å². The molecule has 23 heavy (non-hydrogen) atoms. The minimum Gasteiger partial charge on any atom is -0.504 e. The monoisotopic (exact) mass is 314 g/mol. The predicted molar refractivity (Wildman–Crippen MR) is 84.1 cm³/mol. The number of phenols is 1. The smallest absolute Gasteiger partial charge is 0.248 e. The van der Waals surface area contributed by atoms with Crippen molar-refractivity contribution in [2.75, 3.05) is 26.9 Å². The van der Waals surface area contributed by atoms with Gasteiger partial charge in [-0.2, -0.15) is 0 Å². The molecule has 0 saturated heterocycles. The predicted octanol–water partition coefficient (Wildman–Crippen LogP) is 1.82. The molecule has 0 aliphatic carbocycles. The Bertz CT molecular complexity index is 703. The number of benzene rings is 1. The van der Waals surface area contributed by atoms with Crippen molar-refractivity contribution in [3.8, 4) is 22.6 Å². The topological polar surface area (TPSA) is 71.9 Å². The van der Waals surface area contributed by atoms with Crippen LogP contribution in [0.3, 0.4) is 0 Å². The van der Waals surface area contributed by atoms with Crippen LogP contribution in [-0.4, -0.2) is 47.8 Å². The fourth-order valence-electron chi connectivity index (χ4n) is 2.63. The van der Waals surface area contributed by atoms with Gasteiger partial charge in [0, 0.05) is 37.2 Å². The van der Waals surface area contributed by atoms with Crippen LogP contribution in [0.5, 0.6) is 11.5 Å². The molecule has 1 aliphatic rings. The molecule has 3 rings (SSSR count). The highest BCUT2D eigenvalue weighted by Crippen LogP contribution is 2.37. The van der Waals surface area contributed by atoms with Crippen molar-refractivity contribution in [1.29, 1.82) is 0 Å². The van der Waals surface area contributed by atoms with Crippen molar-refractivity contribution in [3.63, 3.8) is 0 Å². The molecule has 0 atom stereocenters. The average Bonchev–Trinajstić information content (AvgIpc) is 2.79. The Morgan fingerprint density at radius 1 is 1.43 bits per heavy atom. The van der Waals surface area contributed by atoms with Gasteiger partial charge in [-0.25, -0.2) is 0 Å². The van der Waals surface area contributed by atoms with Gasteiger partial charge >= 0.3 is 0 Å².